The number of H-pyrrole nitrogens is 1. The Bertz CT molecular complexity index is 876. The van der Waals surface area contributed by atoms with Crippen molar-refractivity contribution in [2.75, 3.05) is 5.32 Å². The van der Waals surface area contributed by atoms with E-state index in [9.17, 15) is 4.79 Å². The third-order valence-corrected chi connectivity index (χ3v) is 4.91. The second-order valence-electron chi connectivity index (χ2n) is 5.37. The summed E-state index contributed by atoms with van der Waals surface area (Å²) in [7, 11) is 0. The molecule has 0 aromatic carbocycles. The van der Waals surface area contributed by atoms with Crippen LogP contribution in [0.2, 0.25) is 0 Å². The zero-order valence-corrected chi connectivity index (χ0v) is 13.9. The molecule has 22 heavy (non-hydrogen) atoms. The maximum absolute atomic E-state index is 12.3. The van der Waals surface area contributed by atoms with Crippen LogP contribution in [0.1, 0.15) is 36.2 Å². The number of thiophene rings is 1. The van der Waals surface area contributed by atoms with Gasteiger partial charge in [0.05, 0.1) is 23.3 Å². The van der Waals surface area contributed by atoms with Gasteiger partial charge in [-0.3, -0.25) is 9.48 Å². The molecule has 0 saturated heterocycles. The van der Waals surface area contributed by atoms with Crippen LogP contribution >= 0.6 is 11.3 Å². The Balaban J connectivity index is 1.93. The number of aromatic nitrogens is 4. The maximum atomic E-state index is 12.3. The van der Waals surface area contributed by atoms with E-state index in [1.54, 1.807) is 17.5 Å². The molecular formula is C15H19N5OS. The molecule has 0 saturated carbocycles. The number of anilines is 1. The second-order valence-corrected chi connectivity index (χ2v) is 6.57. The summed E-state index contributed by atoms with van der Waals surface area (Å²) in [5.41, 5.74) is 1.86. The highest BCUT2D eigenvalue weighted by Gasteiger charge is 2.15. The Kier molecular flexibility index (Phi) is 3.74. The molecule has 0 spiro atoms. The number of hydrogen-bond donors (Lipinski definition) is 2. The topological polar surface area (TPSA) is 75.6 Å². The zero-order valence-electron chi connectivity index (χ0n) is 13.1. The normalized spacial score (nSPS) is 12.7. The van der Waals surface area contributed by atoms with E-state index >= 15 is 0 Å². The number of aryl methyl sites for hydroxylation is 3. The van der Waals surface area contributed by atoms with E-state index in [4.69, 9.17) is 0 Å². The van der Waals surface area contributed by atoms with Crippen molar-refractivity contribution in [3.63, 3.8) is 0 Å². The molecule has 0 aliphatic carbocycles. The largest absolute Gasteiger partial charge is 0.373 e. The quantitative estimate of drug-likeness (QED) is 0.775. The van der Waals surface area contributed by atoms with Gasteiger partial charge in [-0.1, -0.05) is 0 Å². The van der Waals surface area contributed by atoms with Gasteiger partial charge in [0, 0.05) is 17.6 Å². The summed E-state index contributed by atoms with van der Waals surface area (Å²) in [6.07, 6.45) is 3.71. The molecule has 0 aliphatic heterocycles. The van der Waals surface area contributed by atoms with Crippen LogP contribution in [-0.2, 0) is 6.54 Å². The first kappa shape index (κ1) is 14.8. The number of hydrogen-bond acceptors (Lipinski definition) is 5. The first-order chi connectivity index (χ1) is 10.5. The van der Waals surface area contributed by atoms with Crippen molar-refractivity contribution in [2.45, 2.75) is 40.3 Å². The third-order valence-electron chi connectivity index (χ3n) is 3.81. The van der Waals surface area contributed by atoms with E-state index < -0.39 is 0 Å². The fraction of sp³-hybridized carbons (Fsp3) is 0.400. The molecule has 6 nitrogen and oxygen atoms in total. The van der Waals surface area contributed by atoms with E-state index in [0.717, 1.165) is 27.5 Å². The van der Waals surface area contributed by atoms with Crippen LogP contribution in [0.5, 0.6) is 0 Å². The summed E-state index contributed by atoms with van der Waals surface area (Å²) in [4.78, 5) is 21.7. The highest BCUT2D eigenvalue weighted by Crippen LogP contribution is 2.26. The SMILES string of the molecule is CCn1cc(N[C@@H](C)c2nc3sc(C)c(C)c3c(=O)[nH]2)cn1. The summed E-state index contributed by atoms with van der Waals surface area (Å²) < 4.78 is 1.85. The first-order valence-electron chi connectivity index (χ1n) is 7.28. The van der Waals surface area contributed by atoms with Crippen LogP contribution in [-0.4, -0.2) is 19.7 Å². The molecule has 3 aromatic rings. The predicted octanol–water partition coefficient (Wildman–Crippen LogP) is 2.99. The molecule has 0 bridgehead atoms. The van der Waals surface area contributed by atoms with Crippen LogP contribution in [0.4, 0.5) is 5.69 Å². The highest BCUT2D eigenvalue weighted by molar-refractivity contribution is 7.18. The Morgan fingerprint density at radius 2 is 2.23 bits per heavy atom. The van der Waals surface area contributed by atoms with Gasteiger partial charge in [-0.2, -0.15) is 5.10 Å². The molecule has 0 radical (unpaired) electrons. The van der Waals surface area contributed by atoms with Crippen molar-refractivity contribution in [3.8, 4) is 0 Å². The van der Waals surface area contributed by atoms with Crippen molar-refractivity contribution in [1.82, 2.24) is 19.7 Å². The molecule has 116 valence electrons. The smallest absolute Gasteiger partial charge is 0.259 e. The molecule has 1 atom stereocenters. The molecule has 3 rings (SSSR count). The van der Waals surface area contributed by atoms with Crippen molar-refractivity contribution in [2.24, 2.45) is 0 Å². The molecule has 0 fully saturated rings. The Morgan fingerprint density at radius 1 is 1.45 bits per heavy atom. The van der Waals surface area contributed by atoms with E-state index in [0.29, 0.717) is 11.2 Å². The summed E-state index contributed by atoms with van der Waals surface area (Å²) in [6, 6.07) is -0.102. The molecule has 2 N–H and O–H groups in total. The van der Waals surface area contributed by atoms with Gasteiger partial charge in [-0.15, -0.1) is 11.3 Å². The summed E-state index contributed by atoms with van der Waals surface area (Å²) >= 11 is 1.56. The Hall–Kier alpha value is -2.15. The first-order valence-corrected chi connectivity index (χ1v) is 8.10. The van der Waals surface area contributed by atoms with Crippen LogP contribution < -0.4 is 10.9 Å². The number of rotatable bonds is 4. The van der Waals surface area contributed by atoms with Gasteiger partial charge in [0.15, 0.2) is 0 Å². The average molecular weight is 317 g/mol. The Labute approximate surface area is 132 Å². The van der Waals surface area contributed by atoms with Crippen LogP contribution in [0.3, 0.4) is 0 Å². The van der Waals surface area contributed by atoms with Gasteiger partial charge in [-0.05, 0) is 33.3 Å². The average Bonchev–Trinajstić information content (AvgIpc) is 3.04. The standard InChI is InChI=1S/C15H19N5OS/c1-5-20-7-11(6-16-20)17-9(3)13-18-14(21)12-8(2)10(4)22-15(12)19-13/h6-7,9,17H,5H2,1-4H3,(H,18,19,21)/t9-/m0/s1. The van der Waals surface area contributed by atoms with Gasteiger partial charge in [-0.25, -0.2) is 4.98 Å². The molecule has 7 heteroatoms. The van der Waals surface area contributed by atoms with E-state index in [-0.39, 0.29) is 11.6 Å². The van der Waals surface area contributed by atoms with Gasteiger partial charge in [0.25, 0.3) is 5.56 Å². The molecule has 3 aromatic heterocycles. The molecule has 3 heterocycles. The number of aromatic amines is 1. The molecule has 0 amide bonds. The minimum atomic E-state index is -0.102. The fourth-order valence-corrected chi connectivity index (χ4v) is 3.44. The van der Waals surface area contributed by atoms with Crippen molar-refractivity contribution < 1.29 is 0 Å². The summed E-state index contributed by atoms with van der Waals surface area (Å²) in [5, 5.41) is 8.25. The summed E-state index contributed by atoms with van der Waals surface area (Å²) in [6.45, 7) is 8.81. The van der Waals surface area contributed by atoms with E-state index in [2.05, 4.69) is 20.4 Å². The van der Waals surface area contributed by atoms with Crippen LogP contribution in [0.25, 0.3) is 10.2 Å². The van der Waals surface area contributed by atoms with Gasteiger partial charge >= 0.3 is 0 Å². The number of nitrogens with one attached hydrogen (secondary N) is 2. The third kappa shape index (κ3) is 2.52. The lowest BCUT2D eigenvalue weighted by molar-refractivity contribution is 0.660. The predicted molar refractivity (Wildman–Crippen MR) is 89.7 cm³/mol. The van der Waals surface area contributed by atoms with Crippen molar-refractivity contribution in [1.29, 1.82) is 0 Å². The summed E-state index contributed by atoms with van der Waals surface area (Å²) in [5.74, 6) is 0.642. The number of fused-ring (bicyclic) bond motifs is 1. The highest BCUT2D eigenvalue weighted by atomic mass is 32.1. The number of nitrogens with zero attached hydrogens (tertiary/aromatic N) is 3. The van der Waals surface area contributed by atoms with Gasteiger partial charge in [0.1, 0.15) is 10.7 Å². The van der Waals surface area contributed by atoms with Gasteiger partial charge in [0.2, 0.25) is 0 Å². The minimum Gasteiger partial charge on any atom is -0.373 e. The van der Waals surface area contributed by atoms with Crippen LogP contribution in [0.15, 0.2) is 17.2 Å². The molecule has 0 aliphatic rings. The van der Waals surface area contributed by atoms with E-state index in [1.807, 2.05) is 38.6 Å². The van der Waals surface area contributed by atoms with E-state index in [1.165, 1.54) is 0 Å². The van der Waals surface area contributed by atoms with Crippen LogP contribution in [0, 0.1) is 13.8 Å². The maximum Gasteiger partial charge on any atom is 0.259 e. The second kappa shape index (κ2) is 5.57. The Morgan fingerprint density at radius 3 is 2.91 bits per heavy atom. The van der Waals surface area contributed by atoms with Gasteiger partial charge < -0.3 is 10.3 Å². The zero-order chi connectivity index (χ0) is 15.9. The van der Waals surface area contributed by atoms with Crippen molar-refractivity contribution in [3.05, 3.63) is 39.0 Å². The van der Waals surface area contributed by atoms with Crippen molar-refractivity contribution >= 4 is 27.2 Å². The molecule has 0 unspecified atom stereocenters. The monoisotopic (exact) mass is 317 g/mol. The lowest BCUT2D eigenvalue weighted by Gasteiger charge is -2.12. The lowest BCUT2D eigenvalue weighted by atomic mass is 10.2. The minimum absolute atomic E-state index is 0.0697. The molecular weight excluding hydrogens is 298 g/mol. The lowest BCUT2D eigenvalue weighted by Crippen LogP contribution is -2.17. The fourth-order valence-electron chi connectivity index (χ4n) is 2.41.